The van der Waals surface area contributed by atoms with Gasteiger partial charge in [0, 0.05) is 31.1 Å². The third-order valence-electron chi connectivity index (χ3n) is 5.46. The molecule has 4 rings (SSSR count). The molecule has 2 heterocycles. The lowest BCUT2D eigenvalue weighted by atomic mass is 10.1. The Morgan fingerprint density at radius 3 is 2.63 bits per heavy atom. The predicted molar refractivity (Wildman–Crippen MR) is 115 cm³/mol. The molecule has 158 valence electrons. The van der Waals surface area contributed by atoms with Crippen LogP contribution in [0.1, 0.15) is 12.0 Å². The van der Waals surface area contributed by atoms with Gasteiger partial charge in [0.25, 0.3) is 0 Å². The molecule has 8 heteroatoms. The number of benzene rings is 2. The van der Waals surface area contributed by atoms with E-state index in [1.807, 2.05) is 6.07 Å². The van der Waals surface area contributed by atoms with E-state index in [9.17, 15) is 14.0 Å². The van der Waals surface area contributed by atoms with E-state index < -0.39 is 11.7 Å². The average molecular weight is 432 g/mol. The minimum atomic E-state index is -0.574. The number of amides is 2. The fourth-order valence-corrected chi connectivity index (χ4v) is 4.04. The van der Waals surface area contributed by atoms with E-state index in [0.717, 1.165) is 11.3 Å². The Morgan fingerprint density at radius 1 is 1.17 bits per heavy atom. The summed E-state index contributed by atoms with van der Waals surface area (Å²) in [6, 6.07) is 10.1. The Bertz CT molecular complexity index is 978. The Kier molecular flexibility index (Phi) is 5.92. The molecule has 2 saturated heterocycles. The molecular weight excluding hydrogens is 409 g/mol. The Morgan fingerprint density at radius 2 is 1.90 bits per heavy atom. The Balaban J connectivity index is 1.51. The fourth-order valence-electron chi connectivity index (χ4n) is 3.87. The third-order valence-corrected chi connectivity index (χ3v) is 5.69. The molecule has 0 spiro atoms. The van der Waals surface area contributed by atoms with Crippen molar-refractivity contribution in [2.45, 2.75) is 13.3 Å². The van der Waals surface area contributed by atoms with Crippen LogP contribution in [0.25, 0.3) is 0 Å². The van der Waals surface area contributed by atoms with Crippen LogP contribution in [-0.2, 0) is 14.3 Å². The van der Waals surface area contributed by atoms with Crippen molar-refractivity contribution in [2.75, 3.05) is 48.0 Å². The smallest absolute Gasteiger partial charge is 0.229 e. The molecule has 2 aliphatic heterocycles. The van der Waals surface area contributed by atoms with E-state index >= 15 is 0 Å². The second kappa shape index (κ2) is 8.62. The molecule has 0 radical (unpaired) electrons. The van der Waals surface area contributed by atoms with E-state index in [2.05, 4.69) is 10.2 Å². The van der Waals surface area contributed by atoms with Gasteiger partial charge >= 0.3 is 0 Å². The van der Waals surface area contributed by atoms with E-state index in [1.165, 1.54) is 11.0 Å². The number of carbonyl (C=O) groups excluding carboxylic acids is 2. The number of aryl methyl sites for hydroxylation is 1. The minimum Gasteiger partial charge on any atom is -0.378 e. The number of nitrogens with zero attached hydrogens (tertiary/aromatic N) is 2. The maximum atomic E-state index is 14.3. The van der Waals surface area contributed by atoms with Crippen LogP contribution in [0.3, 0.4) is 0 Å². The van der Waals surface area contributed by atoms with Crippen LogP contribution in [0.5, 0.6) is 0 Å². The van der Waals surface area contributed by atoms with Gasteiger partial charge in [-0.25, -0.2) is 4.39 Å². The number of nitrogens with one attached hydrogen (secondary N) is 1. The summed E-state index contributed by atoms with van der Waals surface area (Å²) in [5.74, 6) is -1.59. The number of halogens is 2. The topological polar surface area (TPSA) is 61.9 Å². The zero-order chi connectivity index (χ0) is 21.3. The van der Waals surface area contributed by atoms with Gasteiger partial charge in [-0.1, -0.05) is 17.7 Å². The summed E-state index contributed by atoms with van der Waals surface area (Å²) in [7, 11) is 0. The molecule has 2 amide bonds. The summed E-state index contributed by atoms with van der Waals surface area (Å²) in [5, 5.41) is 3.44. The fraction of sp³-hybridized carbons (Fsp3) is 0.364. The lowest BCUT2D eigenvalue weighted by molar-refractivity contribution is -0.122. The summed E-state index contributed by atoms with van der Waals surface area (Å²) in [4.78, 5) is 28.9. The molecule has 2 aromatic carbocycles. The number of hydrogen-bond acceptors (Lipinski definition) is 4. The van der Waals surface area contributed by atoms with Gasteiger partial charge in [-0.15, -0.1) is 0 Å². The lowest BCUT2D eigenvalue weighted by Crippen LogP contribution is -2.37. The highest BCUT2D eigenvalue weighted by Crippen LogP contribution is 2.32. The molecule has 2 aromatic rings. The van der Waals surface area contributed by atoms with Crippen molar-refractivity contribution in [3.05, 3.63) is 52.8 Å². The van der Waals surface area contributed by atoms with Gasteiger partial charge in [-0.3, -0.25) is 9.59 Å². The van der Waals surface area contributed by atoms with Crippen molar-refractivity contribution < 1.29 is 18.7 Å². The molecule has 30 heavy (non-hydrogen) atoms. The second-order valence-corrected chi connectivity index (χ2v) is 8.05. The molecule has 2 aliphatic rings. The number of rotatable bonds is 4. The zero-order valence-corrected chi connectivity index (χ0v) is 17.4. The van der Waals surface area contributed by atoms with Crippen molar-refractivity contribution >= 4 is 40.5 Å². The van der Waals surface area contributed by atoms with Gasteiger partial charge in [0.2, 0.25) is 11.8 Å². The van der Waals surface area contributed by atoms with Crippen molar-refractivity contribution in [2.24, 2.45) is 5.92 Å². The lowest BCUT2D eigenvalue weighted by Gasteiger charge is -2.30. The average Bonchev–Trinajstić information content (AvgIpc) is 3.10. The Hall–Kier alpha value is -2.64. The SMILES string of the molecule is Cc1ccc(N2CC(C(=O)Nc3cc(Cl)ccc3N3CCOCC3)CC2=O)c(F)c1. The first-order valence-corrected chi connectivity index (χ1v) is 10.3. The van der Waals surface area contributed by atoms with Crippen LogP contribution in [0.4, 0.5) is 21.5 Å². The molecule has 1 atom stereocenters. The Labute approximate surface area is 179 Å². The van der Waals surface area contributed by atoms with Crippen LogP contribution in [0.2, 0.25) is 5.02 Å². The number of ether oxygens (including phenoxy) is 1. The summed E-state index contributed by atoms with van der Waals surface area (Å²) in [6.45, 7) is 4.58. The summed E-state index contributed by atoms with van der Waals surface area (Å²) in [5.41, 5.74) is 2.44. The van der Waals surface area contributed by atoms with Crippen LogP contribution < -0.4 is 15.1 Å². The van der Waals surface area contributed by atoms with Crippen LogP contribution >= 0.6 is 11.6 Å². The van der Waals surface area contributed by atoms with Gasteiger partial charge in [-0.05, 0) is 42.8 Å². The minimum absolute atomic E-state index is 0.0343. The third kappa shape index (κ3) is 4.27. The molecule has 0 aromatic heterocycles. The number of morpholine rings is 1. The van der Waals surface area contributed by atoms with Crippen LogP contribution in [0.15, 0.2) is 36.4 Å². The van der Waals surface area contributed by atoms with Gasteiger partial charge in [0.05, 0.1) is 36.2 Å². The van der Waals surface area contributed by atoms with Crippen molar-refractivity contribution in [1.29, 1.82) is 0 Å². The van der Waals surface area contributed by atoms with Gasteiger partial charge in [0.1, 0.15) is 5.82 Å². The maximum Gasteiger partial charge on any atom is 0.229 e. The molecule has 0 bridgehead atoms. The van der Waals surface area contributed by atoms with Gasteiger partial charge in [0.15, 0.2) is 0 Å². The first-order chi connectivity index (χ1) is 14.4. The second-order valence-electron chi connectivity index (χ2n) is 7.61. The zero-order valence-electron chi connectivity index (χ0n) is 16.7. The summed E-state index contributed by atoms with van der Waals surface area (Å²) < 4.78 is 19.7. The normalized spacial score (nSPS) is 19.3. The van der Waals surface area contributed by atoms with Crippen molar-refractivity contribution in [1.82, 2.24) is 0 Å². The molecule has 0 saturated carbocycles. The number of anilines is 3. The number of carbonyl (C=O) groups is 2. The monoisotopic (exact) mass is 431 g/mol. The molecule has 1 unspecified atom stereocenters. The van der Waals surface area contributed by atoms with E-state index in [1.54, 1.807) is 31.2 Å². The predicted octanol–water partition coefficient (Wildman–Crippen LogP) is 3.62. The standard InChI is InChI=1S/C22H23ClFN3O3/c1-14-2-4-19(17(24)10-14)27-13-15(11-21(27)28)22(29)25-18-12-16(23)3-5-20(18)26-6-8-30-9-7-26/h2-5,10,12,15H,6-9,11,13H2,1H3,(H,25,29). The quantitative estimate of drug-likeness (QED) is 0.803. The van der Waals surface area contributed by atoms with Crippen molar-refractivity contribution in [3.63, 3.8) is 0 Å². The highest BCUT2D eigenvalue weighted by molar-refractivity contribution is 6.31. The number of hydrogen-bond donors (Lipinski definition) is 1. The van der Waals surface area contributed by atoms with Crippen molar-refractivity contribution in [3.8, 4) is 0 Å². The molecule has 6 nitrogen and oxygen atoms in total. The van der Waals surface area contributed by atoms with Gasteiger partial charge in [-0.2, -0.15) is 0 Å². The van der Waals surface area contributed by atoms with Crippen LogP contribution in [0, 0.1) is 18.7 Å². The highest BCUT2D eigenvalue weighted by atomic mass is 35.5. The summed E-state index contributed by atoms with van der Waals surface area (Å²) >= 11 is 6.16. The molecule has 2 fully saturated rings. The van der Waals surface area contributed by atoms with E-state index in [-0.39, 0.29) is 30.5 Å². The van der Waals surface area contributed by atoms with E-state index in [4.69, 9.17) is 16.3 Å². The van der Waals surface area contributed by atoms with E-state index in [0.29, 0.717) is 37.0 Å². The first kappa shape index (κ1) is 20.6. The maximum absolute atomic E-state index is 14.3. The summed E-state index contributed by atoms with van der Waals surface area (Å²) in [6.07, 6.45) is 0.0343. The van der Waals surface area contributed by atoms with Gasteiger partial charge < -0.3 is 19.9 Å². The molecule has 0 aliphatic carbocycles. The largest absolute Gasteiger partial charge is 0.378 e. The van der Waals surface area contributed by atoms with Crippen LogP contribution in [-0.4, -0.2) is 44.7 Å². The molecule has 1 N–H and O–H groups in total. The first-order valence-electron chi connectivity index (χ1n) is 9.92. The molecular formula is C22H23ClFN3O3. The highest BCUT2D eigenvalue weighted by Gasteiger charge is 2.36.